The van der Waals surface area contributed by atoms with Crippen molar-refractivity contribution < 1.29 is 0 Å². The molecule has 0 saturated carbocycles. The highest BCUT2D eigenvalue weighted by molar-refractivity contribution is 5.49. The second-order valence-corrected chi connectivity index (χ2v) is 4.96. The zero-order chi connectivity index (χ0) is 12.1. The van der Waals surface area contributed by atoms with Crippen molar-refractivity contribution in [3.63, 3.8) is 0 Å². The number of anilines is 1. The minimum Gasteiger partial charge on any atom is -0.369 e. The standard InChI is InChI=1S/C15H24N2/c1-3-17(14-8-5-10-16-11-9-14)15-7-4-6-13(2)12-15/h4,6-7,12,14,16H,3,5,8-11H2,1-2H3. The Kier molecular flexibility index (Phi) is 4.43. The average Bonchev–Trinajstić information content (AvgIpc) is 2.59. The smallest absolute Gasteiger partial charge is 0.0371 e. The van der Waals surface area contributed by atoms with Crippen LogP contribution in [0.25, 0.3) is 0 Å². The number of aryl methyl sites for hydroxylation is 1. The Hall–Kier alpha value is -1.02. The summed E-state index contributed by atoms with van der Waals surface area (Å²) in [5.74, 6) is 0. The third-order valence-electron chi connectivity index (χ3n) is 3.66. The van der Waals surface area contributed by atoms with Gasteiger partial charge in [0.15, 0.2) is 0 Å². The third-order valence-corrected chi connectivity index (χ3v) is 3.66. The Balaban J connectivity index is 2.14. The quantitative estimate of drug-likeness (QED) is 0.862. The lowest BCUT2D eigenvalue weighted by Gasteiger charge is -2.32. The van der Waals surface area contributed by atoms with Crippen LogP contribution >= 0.6 is 0 Å². The van der Waals surface area contributed by atoms with Crippen LogP contribution in [0.3, 0.4) is 0 Å². The molecule has 0 aliphatic carbocycles. The van der Waals surface area contributed by atoms with E-state index in [4.69, 9.17) is 0 Å². The van der Waals surface area contributed by atoms with Crippen LogP contribution in [0, 0.1) is 6.92 Å². The molecule has 2 nitrogen and oxygen atoms in total. The van der Waals surface area contributed by atoms with Crippen LogP contribution in [-0.4, -0.2) is 25.7 Å². The molecule has 17 heavy (non-hydrogen) atoms. The van der Waals surface area contributed by atoms with E-state index in [9.17, 15) is 0 Å². The fourth-order valence-electron chi connectivity index (χ4n) is 2.77. The highest BCUT2D eigenvalue weighted by Crippen LogP contribution is 2.22. The van der Waals surface area contributed by atoms with Crippen molar-refractivity contribution in [3.8, 4) is 0 Å². The Labute approximate surface area is 105 Å². The van der Waals surface area contributed by atoms with E-state index in [2.05, 4.69) is 48.3 Å². The van der Waals surface area contributed by atoms with Gasteiger partial charge in [-0.15, -0.1) is 0 Å². The van der Waals surface area contributed by atoms with Crippen LogP contribution in [0.15, 0.2) is 24.3 Å². The predicted molar refractivity (Wildman–Crippen MR) is 74.7 cm³/mol. The van der Waals surface area contributed by atoms with Crippen molar-refractivity contribution >= 4 is 5.69 Å². The molecule has 0 radical (unpaired) electrons. The largest absolute Gasteiger partial charge is 0.369 e. The summed E-state index contributed by atoms with van der Waals surface area (Å²) in [5.41, 5.74) is 2.74. The molecule has 1 fully saturated rings. The van der Waals surface area contributed by atoms with E-state index in [1.807, 2.05) is 0 Å². The van der Waals surface area contributed by atoms with Gasteiger partial charge in [0.25, 0.3) is 0 Å². The number of nitrogens with zero attached hydrogens (tertiary/aromatic N) is 1. The fourth-order valence-corrected chi connectivity index (χ4v) is 2.77. The lowest BCUT2D eigenvalue weighted by Crippen LogP contribution is -2.35. The Morgan fingerprint density at radius 2 is 2.18 bits per heavy atom. The number of benzene rings is 1. The first-order valence-electron chi connectivity index (χ1n) is 6.85. The first kappa shape index (κ1) is 12.4. The van der Waals surface area contributed by atoms with E-state index in [1.54, 1.807) is 0 Å². The van der Waals surface area contributed by atoms with Crippen molar-refractivity contribution in [2.75, 3.05) is 24.5 Å². The van der Waals surface area contributed by atoms with Crippen LogP contribution in [0.4, 0.5) is 5.69 Å². The summed E-state index contributed by atoms with van der Waals surface area (Å²) in [5, 5.41) is 3.49. The van der Waals surface area contributed by atoms with Crippen molar-refractivity contribution in [2.24, 2.45) is 0 Å². The van der Waals surface area contributed by atoms with Gasteiger partial charge in [-0.1, -0.05) is 12.1 Å². The van der Waals surface area contributed by atoms with Crippen molar-refractivity contribution in [1.29, 1.82) is 0 Å². The SMILES string of the molecule is CCN(c1cccc(C)c1)C1CCCNCC1. The summed E-state index contributed by atoms with van der Waals surface area (Å²) >= 11 is 0. The van der Waals surface area contributed by atoms with Gasteiger partial charge in [-0.25, -0.2) is 0 Å². The molecule has 1 atom stereocenters. The first-order valence-corrected chi connectivity index (χ1v) is 6.85. The van der Waals surface area contributed by atoms with E-state index in [-0.39, 0.29) is 0 Å². The highest BCUT2D eigenvalue weighted by Gasteiger charge is 2.18. The van der Waals surface area contributed by atoms with E-state index in [0.29, 0.717) is 6.04 Å². The summed E-state index contributed by atoms with van der Waals surface area (Å²) < 4.78 is 0. The number of rotatable bonds is 3. The fraction of sp³-hybridized carbons (Fsp3) is 0.600. The third kappa shape index (κ3) is 3.22. The predicted octanol–water partition coefficient (Wildman–Crippen LogP) is 2.96. The van der Waals surface area contributed by atoms with Crippen molar-refractivity contribution in [3.05, 3.63) is 29.8 Å². The molecular weight excluding hydrogens is 208 g/mol. The molecule has 1 aliphatic rings. The molecule has 1 unspecified atom stereocenters. The van der Waals surface area contributed by atoms with Crippen molar-refractivity contribution in [1.82, 2.24) is 5.32 Å². The molecule has 2 rings (SSSR count). The molecule has 0 amide bonds. The molecule has 1 aromatic rings. The monoisotopic (exact) mass is 232 g/mol. The van der Waals surface area contributed by atoms with E-state index in [1.165, 1.54) is 37.1 Å². The van der Waals surface area contributed by atoms with Gasteiger partial charge in [-0.2, -0.15) is 0 Å². The van der Waals surface area contributed by atoms with Gasteiger partial charge in [-0.3, -0.25) is 0 Å². The normalized spacial score (nSPS) is 20.9. The summed E-state index contributed by atoms with van der Waals surface area (Å²) in [6.45, 7) is 7.88. The maximum Gasteiger partial charge on any atom is 0.0371 e. The molecule has 1 aromatic carbocycles. The van der Waals surface area contributed by atoms with Crippen LogP contribution < -0.4 is 10.2 Å². The molecule has 1 N–H and O–H groups in total. The van der Waals surface area contributed by atoms with Crippen LogP contribution in [0.1, 0.15) is 31.7 Å². The lowest BCUT2D eigenvalue weighted by molar-refractivity contribution is 0.545. The van der Waals surface area contributed by atoms with Crippen LogP contribution in [-0.2, 0) is 0 Å². The molecule has 0 spiro atoms. The van der Waals surface area contributed by atoms with Gasteiger partial charge in [0.1, 0.15) is 0 Å². The Morgan fingerprint density at radius 1 is 1.29 bits per heavy atom. The molecule has 2 heteroatoms. The van der Waals surface area contributed by atoms with Crippen LogP contribution in [0.2, 0.25) is 0 Å². The van der Waals surface area contributed by atoms with Gasteiger partial charge < -0.3 is 10.2 Å². The summed E-state index contributed by atoms with van der Waals surface area (Å²) in [7, 11) is 0. The van der Waals surface area contributed by atoms with Gasteiger partial charge >= 0.3 is 0 Å². The molecule has 0 bridgehead atoms. The zero-order valence-electron chi connectivity index (χ0n) is 11.1. The number of nitrogens with one attached hydrogen (secondary N) is 1. The molecule has 94 valence electrons. The lowest BCUT2D eigenvalue weighted by atomic mass is 10.1. The molecular formula is C15H24N2. The maximum atomic E-state index is 3.49. The second-order valence-electron chi connectivity index (χ2n) is 4.96. The van der Waals surface area contributed by atoms with Crippen molar-refractivity contribution in [2.45, 2.75) is 39.2 Å². The van der Waals surface area contributed by atoms with Gasteiger partial charge in [0, 0.05) is 18.3 Å². The summed E-state index contributed by atoms with van der Waals surface area (Å²) in [6, 6.07) is 9.60. The minimum absolute atomic E-state index is 0.705. The zero-order valence-corrected chi connectivity index (χ0v) is 11.1. The van der Waals surface area contributed by atoms with E-state index >= 15 is 0 Å². The highest BCUT2D eigenvalue weighted by atomic mass is 15.2. The molecule has 1 saturated heterocycles. The topological polar surface area (TPSA) is 15.3 Å². The summed E-state index contributed by atoms with van der Waals surface area (Å²) in [6.07, 6.45) is 3.88. The molecule has 1 aliphatic heterocycles. The average molecular weight is 232 g/mol. The van der Waals surface area contributed by atoms with Gasteiger partial charge in [0.2, 0.25) is 0 Å². The Morgan fingerprint density at radius 3 is 2.94 bits per heavy atom. The van der Waals surface area contributed by atoms with Crippen LogP contribution in [0.5, 0.6) is 0 Å². The maximum absolute atomic E-state index is 3.49. The Bertz CT molecular complexity index is 341. The number of hydrogen-bond acceptors (Lipinski definition) is 2. The number of hydrogen-bond donors (Lipinski definition) is 1. The van der Waals surface area contributed by atoms with E-state index < -0.39 is 0 Å². The minimum atomic E-state index is 0.705. The van der Waals surface area contributed by atoms with Gasteiger partial charge in [-0.05, 0) is 63.9 Å². The second kappa shape index (κ2) is 6.06. The first-order chi connectivity index (χ1) is 8.31. The van der Waals surface area contributed by atoms with Gasteiger partial charge in [0.05, 0.1) is 0 Å². The summed E-state index contributed by atoms with van der Waals surface area (Å²) in [4.78, 5) is 2.57. The molecule has 0 aromatic heterocycles. The van der Waals surface area contributed by atoms with E-state index in [0.717, 1.165) is 13.1 Å². The molecule has 1 heterocycles.